The van der Waals surface area contributed by atoms with Gasteiger partial charge in [-0.05, 0) is 23.3 Å². The second-order valence-electron chi connectivity index (χ2n) is 3.72. The van der Waals surface area contributed by atoms with Crippen LogP contribution >= 0.6 is 0 Å². The molecule has 1 radical (unpaired) electrons. The third-order valence-corrected chi connectivity index (χ3v) is 2.27. The molecule has 0 saturated carbocycles. The van der Waals surface area contributed by atoms with E-state index >= 15 is 0 Å². The van der Waals surface area contributed by atoms with Crippen molar-refractivity contribution in [3.8, 4) is 5.75 Å². The van der Waals surface area contributed by atoms with Crippen LogP contribution in [0.1, 0.15) is 18.1 Å². The van der Waals surface area contributed by atoms with Gasteiger partial charge in [-0.25, -0.2) is 0 Å². The lowest BCUT2D eigenvalue weighted by atomic mass is 10.1. The molecule has 0 atom stereocenters. The lowest BCUT2D eigenvalue weighted by Crippen LogP contribution is -2.01. The summed E-state index contributed by atoms with van der Waals surface area (Å²) in [7, 11) is 0. The minimum absolute atomic E-state index is 0.301. The van der Waals surface area contributed by atoms with Crippen LogP contribution in [0, 0.1) is 6.42 Å². The zero-order chi connectivity index (χ0) is 12.1. The molecule has 2 rings (SSSR count). The molecule has 0 aromatic heterocycles. The minimum Gasteiger partial charge on any atom is -0.427 e. The lowest BCUT2D eigenvalue weighted by molar-refractivity contribution is -0.131. The molecule has 2 nitrogen and oxygen atoms in total. The fraction of sp³-hybridized carbons (Fsp3) is 0.0667. The third kappa shape index (κ3) is 3.45. The molecule has 0 amide bonds. The van der Waals surface area contributed by atoms with Gasteiger partial charge < -0.3 is 4.74 Å². The molecule has 0 fully saturated rings. The molecule has 0 bridgehead atoms. The van der Waals surface area contributed by atoms with Gasteiger partial charge in [-0.15, -0.1) is 0 Å². The first kappa shape index (κ1) is 11.4. The van der Waals surface area contributed by atoms with Gasteiger partial charge >= 0.3 is 5.97 Å². The van der Waals surface area contributed by atoms with Crippen LogP contribution in [0.3, 0.4) is 0 Å². The molecule has 17 heavy (non-hydrogen) atoms. The van der Waals surface area contributed by atoms with Crippen molar-refractivity contribution in [1.82, 2.24) is 0 Å². The van der Waals surface area contributed by atoms with E-state index in [0.717, 1.165) is 11.1 Å². The number of benzene rings is 2. The Balaban J connectivity index is 2.06. The van der Waals surface area contributed by atoms with Crippen LogP contribution in [0.25, 0.3) is 0 Å². The van der Waals surface area contributed by atoms with Gasteiger partial charge in [0.05, 0.1) is 0 Å². The van der Waals surface area contributed by atoms with Crippen LogP contribution in [-0.2, 0) is 4.79 Å². The standard InChI is InChI=1S/C15H13O2/c1-12(16)17-15-9-7-14(8-10-15)11-13-5-3-2-4-6-13/h2-11H,1H3. The first-order valence-corrected chi connectivity index (χ1v) is 5.42. The number of ether oxygens (including phenoxy) is 1. The van der Waals surface area contributed by atoms with Gasteiger partial charge in [-0.1, -0.05) is 42.5 Å². The maximum absolute atomic E-state index is 10.8. The quantitative estimate of drug-likeness (QED) is 0.592. The smallest absolute Gasteiger partial charge is 0.308 e. The van der Waals surface area contributed by atoms with Gasteiger partial charge in [0.15, 0.2) is 0 Å². The monoisotopic (exact) mass is 225 g/mol. The maximum Gasteiger partial charge on any atom is 0.308 e. The van der Waals surface area contributed by atoms with Crippen LogP contribution in [0.5, 0.6) is 5.75 Å². The van der Waals surface area contributed by atoms with Gasteiger partial charge in [-0.3, -0.25) is 4.79 Å². The molecule has 0 unspecified atom stereocenters. The Bertz CT molecular complexity index is 486. The van der Waals surface area contributed by atoms with Crippen molar-refractivity contribution in [3.63, 3.8) is 0 Å². The van der Waals surface area contributed by atoms with Crippen molar-refractivity contribution < 1.29 is 9.53 Å². The van der Waals surface area contributed by atoms with E-state index in [1.54, 1.807) is 12.1 Å². The van der Waals surface area contributed by atoms with E-state index in [0.29, 0.717) is 5.75 Å². The van der Waals surface area contributed by atoms with Gasteiger partial charge in [0.2, 0.25) is 0 Å². The van der Waals surface area contributed by atoms with E-state index in [1.807, 2.05) is 42.5 Å². The molecule has 0 aliphatic heterocycles. The molecule has 0 aliphatic rings. The topological polar surface area (TPSA) is 26.3 Å². The van der Waals surface area contributed by atoms with Crippen LogP contribution < -0.4 is 4.74 Å². The highest BCUT2D eigenvalue weighted by Gasteiger charge is 1.99. The second-order valence-corrected chi connectivity index (χ2v) is 3.72. The Morgan fingerprint density at radius 3 is 2.12 bits per heavy atom. The average Bonchev–Trinajstić information content (AvgIpc) is 2.32. The summed E-state index contributed by atoms with van der Waals surface area (Å²) in [5.74, 6) is 0.271. The van der Waals surface area contributed by atoms with Gasteiger partial charge in [0.1, 0.15) is 5.75 Å². The number of carbonyl (C=O) groups is 1. The first-order chi connectivity index (χ1) is 8.24. The number of esters is 1. The summed E-state index contributed by atoms with van der Waals surface area (Å²) in [6, 6.07) is 17.5. The van der Waals surface area contributed by atoms with E-state index in [1.165, 1.54) is 6.92 Å². The second kappa shape index (κ2) is 5.30. The highest BCUT2D eigenvalue weighted by Crippen LogP contribution is 2.16. The molecule has 85 valence electrons. The van der Waals surface area contributed by atoms with Crippen molar-refractivity contribution in [3.05, 3.63) is 72.1 Å². The average molecular weight is 225 g/mol. The Labute approximate surface area is 101 Å². The molecule has 2 aromatic carbocycles. The molecular formula is C15H13O2. The maximum atomic E-state index is 10.8. The number of hydrogen-bond acceptors (Lipinski definition) is 2. The Morgan fingerprint density at radius 2 is 1.53 bits per heavy atom. The predicted octanol–water partition coefficient (Wildman–Crippen LogP) is 3.21. The van der Waals surface area contributed by atoms with E-state index in [9.17, 15) is 4.79 Å². The summed E-state index contributed by atoms with van der Waals surface area (Å²) in [6.45, 7) is 1.39. The fourth-order valence-corrected chi connectivity index (χ4v) is 1.54. The van der Waals surface area contributed by atoms with Crippen molar-refractivity contribution in [2.75, 3.05) is 0 Å². The van der Waals surface area contributed by atoms with Crippen molar-refractivity contribution in [2.45, 2.75) is 6.92 Å². The third-order valence-electron chi connectivity index (χ3n) is 2.27. The van der Waals surface area contributed by atoms with E-state index < -0.39 is 0 Å². The first-order valence-electron chi connectivity index (χ1n) is 5.42. The number of carbonyl (C=O) groups excluding carboxylic acids is 1. The molecule has 0 N–H and O–H groups in total. The summed E-state index contributed by atoms with van der Waals surface area (Å²) in [5.41, 5.74) is 2.22. The van der Waals surface area contributed by atoms with Crippen LogP contribution in [-0.4, -0.2) is 5.97 Å². The Hall–Kier alpha value is -2.09. The Morgan fingerprint density at radius 1 is 0.941 bits per heavy atom. The molecule has 2 heteroatoms. The van der Waals surface area contributed by atoms with Crippen LogP contribution in [0.4, 0.5) is 0 Å². The summed E-state index contributed by atoms with van der Waals surface area (Å²) in [5, 5.41) is 0. The largest absolute Gasteiger partial charge is 0.427 e. The summed E-state index contributed by atoms with van der Waals surface area (Å²) < 4.78 is 4.97. The van der Waals surface area contributed by atoms with Gasteiger partial charge in [-0.2, -0.15) is 0 Å². The van der Waals surface area contributed by atoms with Gasteiger partial charge in [0, 0.05) is 13.3 Å². The van der Waals surface area contributed by atoms with Crippen molar-refractivity contribution in [1.29, 1.82) is 0 Å². The molecule has 0 spiro atoms. The summed E-state index contributed by atoms with van der Waals surface area (Å²) in [6.07, 6.45) is 2.07. The van der Waals surface area contributed by atoms with Crippen LogP contribution in [0.2, 0.25) is 0 Å². The molecular weight excluding hydrogens is 212 g/mol. The predicted molar refractivity (Wildman–Crippen MR) is 66.7 cm³/mol. The SMILES string of the molecule is CC(=O)Oc1ccc([CH]c2ccccc2)cc1. The van der Waals surface area contributed by atoms with E-state index in [2.05, 4.69) is 6.42 Å². The highest BCUT2D eigenvalue weighted by molar-refractivity contribution is 5.69. The number of hydrogen-bond donors (Lipinski definition) is 0. The fourth-order valence-electron chi connectivity index (χ4n) is 1.54. The summed E-state index contributed by atoms with van der Waals surface area (Å²) >= 11 is 0. The zero-order valence-corrected chi connectivity index (χ0v) is 9.59. The normalized spacial score (nSPS) is 9.94. The van der Waals surface area contributed by atoms with Crippen molar-refractivity contribution >= 4 is 5.97 Å². The number of rotatable bonds is 3. The molecule has 0 saturated heterocycles. The highest BCUT2D eigenvalue weighted by atomic mass is 16.5. The van der Waals surface area contributed by atoms with E-state index in [4.69, 9.17) is 4.74 Å². The molecule has 0 aliphatic carbocycles. The minimum atomic E-state index is -0.301. The lowest BCUT2D eigenvalue weighted by Gasteiger charge is -2.03. The summed E-state index contributed by atoms with van der Waals surface area (Å²) in [4.78, 5) is 10.8. The molecule has 2 aromatic rings. The molecule has 0 heterocycles. The van der Waals surface area contributed by atoms with Gasteiger partial charge in [0.25, 0.3) is 0 Å². The zero-order valence-electron chi connectivity index (χ0n) is 9.59. The van der Waals surface area contributed by atoms with Crippen LogP contribution in [0.15, 0.2) is 54.6 Å². The van der Waals surface area contributed by atoms with Crippen molar-refractivity contribution in [2.24, 2.45) is 0 Å². The van der Waals surface area contributed by atoms with E-state index in [-0.39, 0.29) is 5.97 Å². The Kier molecular flexibility index (Phi) is 3.55.